The molecule has 0 saturated carbocycles. The molecule has 0 spiro atoms. The molecule has 5 aromatic carbocycles. The van der Waals surface area contributed by atoms with E-state index in [4.69, 9.17) is 18.1 Å². The lowest BCUT2D eigenvalue weighted by Crippen LogP contribution is -2.03. The predicted octanol–water partition coefficient (Wildman–Crippen LogP) is 9.35. The van der Waals surface area contributed by atoms with Crippen molar-refractivity contribution in [2.75, 3.05) is 0 Å². The normalized spacial score (nSPS) is 11.8. The molecule has 0 atom stereocenters. The SMILES string of the molecule is O=P(Cc1ccc(CP(=O)(OCc2ccccc2)OCc2ccccc2)c(O)c1O)(OCc1ccccc1)OCc1ccccc1. The van der Waals surface area contributed by atoms with Crippen LogP contribution in [0.1, 0.15) is 33.4 Å². The van der Waals surface area contributed by atoms with Gasteiger partial charge < -0.3 is 28.3 Å². The average molecular weight is 659 g/mol. The van der Waals surface area contributed by atoms with E-state index < -0.39 is 26.7 Å². The Balaban J connectivity index is 1.35. The third kappa shape index (κ3) is 9.75. The van der Waals surface area contributed by atoms with Crippen LogP contribution in [0.4, 0.5) is 0 Å². The molecule has 0 aliphatic carbocycles. The van der Waals surface area contributed by atoms with Crippen molar-refractivity contribution in [3.63, 3.8) is 0 Å². The average Bonchev–Trinajstić information content (AvgIpc) is 3.10. The Bertz CT molecular complexity index is 1540. The highest BCUT2D eigenvalue weighted by Crippen LogP contribution is 2.57. The van der Waals surface area contributed by atoms with Crippen molar-refractivity contribution in [1.29, 1.82) is 0 Å². The number of aromatic hydroxyl groups is 2. The molecule has 10 heteroatoms. The Morgan fingerprint density at radius 3 is 0.870 bits per heavy atom. The number of phenolic OH excluding ortho intramolecular Hbond substituents is 2. The van der Waals surface area contributed by atoms with Crippen LogP contribution in [0.5, 0.6) is 11.5 Å². The van der Waals surface area contributed by atoms with Gasteiger partial charge >= 0.3 is 15.2 Å². The molecule has 0 aliphatic heterocycles. The van der Waals surface area contributed by atoms with Gasteiger partial charge in [-0.05, 0) is 22.3 Å². The summed E-state index contributed by atoms with van der Waals surface area (Å²) in [7, 11) is -7.68. The van der Waals surface area contributed by atoms with Crippen molar-refractivity contribution < 1.29 is 37.4 Å². The first kappa shape index (κ1) is 33.4. The third-order valence-electron chi connectivity index (χ3n) is 7.13. The number of hydrogen-bond acceptors (Lipinski definition) is 8. The van der Waals surface area contributed by atoms with Crippen LogP contribution in [-0.4, -0.2) is 10.2 Å². The quantitative estimate of drug-likeness (QED) is 0.0797. The lowest BCUT2D eigenvalue weighted by Gasteiger charge is -2.22. The zero-order valence-electron chi connectivity index (χ0n) is 25.2. The van der Waals surface area contributed by atoms with Gasteiger partial charge in [0.2, 0.25) is 0 Å². The zero-order chi connectivity index (χ0) is 32.2. The second-order valence-electron chi connectivity index (χ2n) is 10.7. The molecule has 0 bridgehead atoms. The molecule has 46 heavy (non-hydrogen) atoms. The van der Waals surface area contributed by atoms with E-state index in [9.17, 15) is 19.3 Å². The lowest BCUT2D eigenvalue weighted by atomic mass is 10.1. The molecule has 0 amide bonds. The van der Waals surface area contributed by atoms with Crippen LogP contribution in [0.3, 0.4) is 0 Å². The summed E-state index contributed by atoms with van der Waals surface area (Å²) in [6.45, 7) is 0.105. The molecule has 0 unspecified atom stereocenters. The van der Waals surface area contributed by atoms with E-state index in [0.29, 0.717) is 0 Å². The summed E-state index contributed by atoms with van der Waals surface area (Å²) in [4.78, 5) is 0. The molecule has 238 valence electrons. The molecule has 5 rings (SSSR count). The maximum atomic E-state index is 14.0. The predicted molar refractivity (Wildman–Crippen MR) is 177 cm³/mol. The molecule has 5 aromatic rings. The van der Waals surface area contributed by atoms with Gasteiger partial charge in [-0.15, -0.1) is 0 Å². The van der Waals surface area contributed by atoms with Crippen LogP contribution in [0.25, 0.3) is 0 Å². The first-order chi connectivity index (χ1) is 22.3. The van der Waals surface area contributed by atoms with Gasteiger partial charge in [-0.3, -0.25) is 9.13 Å². The minimum absolute atomic E-state index is 0.0262. The topological polar surface area (TPSA) is 112 Å². The zero-order valence-corrected chi connectivity index (χ0v) is 27.0. The Hall–Kier alpha value is -4.00. The van der Waals surface area contributed by atoms with E-state index >= 15 is 0 Å². The van der Waals surface area contributed by atoms with Crippen molar-refractivity contribution in [1.82, 2.24) is 0 Å². The lowest BCUT2D eigenvalue weighted by molar-refractivity contribution is 0.189. The first-order valence-electron chi connectivity index (χ1n) is 14.8. The van der Waals surface area contributed by atoms with Crippen molar-refractivity contribution in [3.05, 3.63) is 167 Å². The fourth-order valence-corrected chi connectivity index (χ4v) is 7.82. The summed E-state index contributed by atoms with van der Waals surface area (Å²) in [5, 5.41) is 22.1. The van der Waals surface area contributed by atoms with Gasteiger partial charge in [-0.25, -0.2) is 0 Å². The third-order valence-corrected chi connectivity index (χ3v) is 10.7. The van der Waals surface area contributed by atoms with Crippen LogP contribution in [0, 0.1) is 0 Å². The molecular weight excluding hydrogens is 622 g/mol. The van der Waals surface area contributed by atoms with Gasteiger partial charge in [-0.2, -0.15) is 0 Å². The van der Waals surface area contributed by atoms with Crippen LogP contribution < -0.4 is 0 Å². The largest absolute Gasteiger partial charge is 0.504 e. The summed E-state index contributed by atoms with van der Waals surface area (Å²) in [5.74, 6) is -1.02. The van der Waals surface area contributed by atoms with E-state index in [1.54, 1.807) is 0 Å². The minimum atomic E-state index is -3.84. The molecule has 0 fully saturated rings. The number of rotatable bonds is 16. The van der Waals surface area contributed by atoms with Crippen LogP contribution in [0.2, 0.25) is 0 Å². The summed E-state index contributed by atoms with van der Waals surface area (Å²) < 4.78 is 51.5. The second kappa shape index (κ2) is 16.0. The monoisotopic (exact) mass is 658 g/mol. The molecule has 0 aliphatic rings. The number of hydrogen-bond donors (Lipinski definition) is 2. The standard InChI is InChI=1S/C36H36O8P2/c37-35-33(27-45(39,41-23-29-13-5-1-6-14-29)42-24-30-15-7-2-8-16-30)21-22-34(36(35)38)28-46(40,43-25-31-17-9-3-10-18-31)44-26-32-19-11-4-12-20-32/h1-22,37-38H,23-28H2. The van der Waals surface area contributed by atoms with E-state index in [2.05, 4.69) is 0 Å². The van der Waals surface area contributed by atoms with Crippen LogP contribution in [-0.2, 0) is 66.0 Å². The maximum Gasteiger partial charge on any atom is 0.335 e. The number of phenols is 2. The summed E-state index contributed by atoms with van der Waals surface area (Å²) in [6.07, 6.45) is -0.613. The van der Waals surface area contributed by atoms with Crippen molar-refractivity contribution >= 4 is 15.2 Å². The van der Waals surface area contributed by atoms with E-state index in [1.165, 1.54) is 12.1 Å². The van der Waals surface area contributed by atoms with Crippen molar-refractivity contribution in [3.8, 4) is 11.5 Å². The Kier molecular flexibility index (Phi) is 11.6. The van der Waals surface area contributed by atoms with E-state index in [1.807, 2.05) is 121 Å². The van der Waals surface area contributed by atoms with Crippen LogP contribution in [0.15, 0.2) is 133 Å². The highest BCUT2D eigenvalue weighted by atomic mass is 31.2. The molecule has 0 saturated heterocycles. The highest BCUT2D eigenvalue weighted by molar-refractivity contribution is 7.53. The van der Waals surface area contributed by atoms with Crippen molar-refractivity contribution in [2.24, 2.45) is 0 Å². The van der Waals surface area contributed by atoms with Gasteiger partial charge in [0.05, 0.1) is 38.8 Å². The minimum Gasteiger partial charge on any atom is -0.504 e. The van der Waals surface area contributed by atoms with E-state index in [-0.39, 0.29) is 49.9 Å². The molecule has 0 heterocycles. The van der Waals surface area contributed by atoms with Gasteiger partial charge in [-0.1, -0.05) is 133 Å². The van der Waals surface area contributed by atoms with Gasteiger partial charge in [0, 0.05) is 11.1 Å². The van der Waals surface area contributed by atoms with E-state index in [0.717, 1.165) is 22.3 Å². The molecule has 8 nitrogen and oxygen atoms in total. The van der Waals surface area contributed by atoms with Gasteiger partial charge in [0.25, 0.3) is 0 Å². The van der Waals surface area contributed by atoms with Gasteiger partial charge in [0.1, 0.15) is 0 Å². The Morgan fingerprint density at radius 1 is 0.391 bits per heavy atom. The Morgan fingerprint density at radius 2 is 0.630 bits per heavy atom. The smallest absolute Gasteiger partial charge is 0.335 e. The Labute approximate surface area is 269 Å². The summed E-state index contributed by atoms with van der Waals surface area (Å²) in [5.41, 5.74) is 3.50. The summed E-state index contributed by atoms with van der Waals surface area (Å²) >= 11 is 0. The van der Waals surface area contributed by atoms with Crippen LogP contribution >= 0.6 is 15.2 Å². The fraction of sp³-hybridized carbons (Fsp3) is 0.167. The maximum absolute atomic E-state index is 14.0. The van der Waals surface area contributed by atoms with Gasteiger partial charge in [0.15, 0.2) is 11.5 Å². The molecule has 0 radical (unpaired) electrons. The number of benzene rings is 5. The second-order valence-corrected chi connectivity index (χ2v) is 14.8. The molecular formula is C36H36O8P2. The molecule has 0 aromatic heterocycles. The fourth-order valence-electron chi connectivity index (χ4n) is 4.58. The first-order valence-corrected chi connectivity index (χ1v) is 18.2. The van der Waals surface area contributed by atoms with Crippen molar-refractivity contribution in [2.45, 2.75) is 38.8 Å². The highest BCUT2D eigenvalue weighted by Gasteiger charge is 2.31. The molecule has 2 N–H and O–H groups in total. The summed E-state index contributed by atoms with van der Waals surface area (Å²) in [6, 6.07) is 40.1.